The topological polar surface area (TPSA) is 66.4 Å². The molecule has 6 nitrogen and oxygen atoms in total. The highest BCUT2D eigenvalue weighted by molar-refractivity contribution is 5.93. The van der Waals surface area contributed by atoms with Gasteiger partial charge in [-0.3, -0.25) is 14.6 Å². The molecule has 128 valence electrons. The zero-order valence-electron chi connectivity index (χ0n) is 14.5. The van der Waals surface area contributed by atoms with Crippen molar-refractivity contribution in [3.8, 4) is 0 Å². The summed E-state index contributed by atoms with van der Waals surface area (Å²) < 4.78 is 0. The van der Waals surface area contributed by atoms with Crippen LogP contribution in [0.5, 0.6) is 0 Å². The normalized spacial score (nSPS) is 34.4. The molecule has 24 heavy (non-hydrogen) atoms. The second kappa shape index (κ2) is 5.26. The number of amides is 2. The predicted molar refractivity (Wildman–Crippen MR) is 88.3 cm³/mol. The molecule has 0 unspecified atom stereocenters. The van der Waals surface area contributed by atoms with Gasteiger partial charge in [0.1, 0.15) is 5.69 Å². The van der Waals surface area contributed by atoms with E-state index in [2.05, 4.69) is 16.9 Å². The molecule has 1 aromatic rings. The van der Waals surface area contributed by atoms with Crippen LogP contribution in [0.4, 0.5) is 0 Å². The maximum Gasteiger partial charge on any atom is 0.274 e. The number of hydrogen-bond acceptors (Lipinski definition) is 4. The van der Waals surface area contributed by atoms with E-state index in [1.807, 2.05) is 16.7 Å². The van der Waals surface area contributed by atoms with Gasteiger partial charge in [-0.2, -0.15) is 0 Å². The molecule has 0 radical (unpaired) electrons. The van der Waals surface area contributed by atoms with Gasteiger partial charge in [-0.15, -0.1) is 0 Å². The molecule has 3 heterocycles. The SMILES string of the molecule is CC(=O)N1C[C@@H]2C[C@@]3(C)[C@H](CCC[C@@H]13)N2C(=O)c1cnc(C)cn1. The van der Waals surface area contributed by atoms with Crippen LogP contribution in [-0.4, -0.2) is 56.3 Å². The van der Waals surface area contributed by atoms with Crippen molar-refractivity contribution >= 4 is 11.8 Å². The third-order valence-electron chi connectivity index (χ3n) is 6.30. The van der Waals surface area contributed by atoms with Crippen molar-refractivity contribution in [2.75, 3.05) is 6.54 Å². The number of hydrogen-bond donors (Lipinski definition) is 0. The van der Waals surface area contributed by atoms with E-state index < -0.39 is 0 Å². The molecule has 1 saturated carbocycles. The van der Waals surface area contributed by atoms with Gasteiger partial charge in [0.15, 0.2) is 0 Å². The Balaban J connectivity index is 1.71. The minimum Gasteiger partial charge on any atom is -0.337 e. The van der Waals surface area contributed by atoms with Crippen LogP contribution < -0.4 is 0 Å². The Kier molecular flexibility index (Phi) is 3.41. The Labute approximate surface area is 142 Å². The molecule has 2 amide bonds. The van der Waals surface area contributed by atoms with E-state index in [1.165, 1.54) is 0 Å². The Morgan fingerprint density at radius 2 is 1.96 bits per heavy atom. The molecule has 1 aromatic heterocycles. The minimum atomic E-state index is -0.0349. The summed E-state index contributed by atoms with van der Waals surface area (Å²) in [6.45, 7) is 6.42. The van der Waals surface area contributed by atoms with Crippen molar-refractivity contribution < 1.29 is 9.59 Å². The van der Waals surface area contributed by atoms with Crippen molar-refractivity contribution in [2.24, 2.45) is 5.41 Å². The van der Waals surface area contributed by atoms with Crippen LogP contribution in [0.15, 0.2) is 12.4 Å². The van der Waals surface area contributed by atoms with Gasteiger partial charge in [0, 0.05) is 37.2 Å². The van der Waals surface area contributed by atoms with Gasteiger partial charge in [-0.05, 0) is 32.6 Å². The summed E-state index contributed by atoms with van der Waals surface area (Å²) in [5.41, 5.74) is 1.22. The number of carbonyl (C=O) groups excluding carboxylic acids is 2. The molecule has 3 aliphatic rings. The van der Waals surface area contributed by atoms with Crippen LogP contribution in [-0.2, 0) is 4.79 Å². The Hall–Kier alpha value is -1.98. The quantitative estimate of drug-likeness (QED) is 0.788. The predicted octanol–water partition coefficient (Wildman–Crippen LogP) is 1.79. The lowest BCUT2D eigenvalue weighted by Crippen LogP contribution is -2.57. The Morgan fingerprint density at radius 1 is 1.21 bits per heavy atom. The van der Waals surface area contributed by atoms with Crippen LogP contribution in [0.25, 0.3) is 0 Å². The summed E-state index contributed by atoms with van der Waals surface area (Å²) in [7, 11) is 0. The maximum atomic E-state index is 13.1. The highest BCUT2D eigenvalue weighted by Crippen LogP contribution is 2.54. The molecule has 0 aromatic carbocycles. The number of rotatable bonds is 1. The van der Waals surface area contributed by atoms with Crippen LogP contribution in [0.2, 0.25) is 0 Å². The first kappa shape index (κ1) is 15.5. The van der Waals surface area contributed by atoms with Gasteiger partial charge >= 0.3 is 0 Å². The van der Waals surface area contributed by atoms with Crippen molar-refractivity contribution in [1.82, 2.24) is 19.8 Å². The fourth-order valence-corrected chi connectivity index (χ4v) is 5.28. The molecule has 3 fully saturated rings. The molecular weight excluding hydrogens is 304 g/mol. The first-order valence-electron chi connectivity index (χ1n) is 8.80. The molecule has 0 spiro atoms. The summed E-state index contributed by atoms with van der Waals surface area (Å²) in [5, 5.41) is 0. The minimum absolute atomic E-state index is 0.000617. The largest absolute Gasteiger partial charge is 0.337 e. The van der Waals surface area contributed by atoms with Gasteiger partial charge in [0.25, 0.3) is 5.91 Å². The molecule has 1 aliphatic carbocycles. The number of fused-ring (bicyclic) bond motifs is 1. The number of aryl methyl sites for hydroxylation is 1. The summed E-state index contributed by atoms with van der Waals surface area (Å²) >= 11 is 0. The first-order chi connectivity index (χ1) is 11.4. The van der Waals surface area contributed by atoms with Crippen molar-refractivity contribution in [2.45, 2.75) is 64.6 Å². The maximum absolute atomic E-state index is 13.1. The number of nitrogens with zero attached hydrogens (tertiary/aromatic N) is 4. The van der Waals surface area contributed by atoms with Crippen LogP contribution >= 0.6 is 0 Å². The van der Waals surface area contributed by atoms with Crippen molar-refractivity contribution in [3.05, 3.63) is 23.8 Å². The average Bonchev–Trinajstić information content (AvgIpc) is 2.84. The summed E-state index contributed by atoms with van der Waals surface area (Å²) in [6, 6.07) is 0.543. The van der Waals surface area contributed by atoms with Crippen molar-refractivity contribution in [3.63, 3.8) is 0 Å². The first-order valence-corrected chi connectivity index (χ1v) is 8.80. The summed E-state index contributed by atoms with van der Waals surface area (Å²) in [5.74, 6) is 0.0910. The van der Waals surface area contributed by atoms with Gasteiger partial charge in [0.2, 0.25) is 5.91 Å². The van der Waals surface area contributed by atoms with Crippen molar-refractivity contribution in [1.29, 1.82) is 0 Å². The molecule has 2 saturated heterocycles. The molecule has 2 bridgehead atoms. The smallest absolute Gasteiger partial charge is 0.274 e. The van der Waals surface area contributed by atoms with E-state index >= 15 is 0 Å². The zero-order chi connectivity index (χ0) is 17.1. The molecule has 6 heteroatoms. The van der Waals surface area contributed by atoms with Gasteiger partial charge in [-0.1, -0.05) is 6.92 Å². The highest BCUT2D eigenvalue weighted by Gasteiger charge is 2.61. The third-order valence-corrected chi connectivity index (χ3v) is 6.30. The van der Waals surface area contributed by atoms with E-state index in [-0.39, 0.29) is 35.4 Å². The average molecular weight is 328 g/mol. The Morgan fingerprint density at radius 3 is 2.62 bits per heavy atom. The van der Waals surface area contributed by atoms with Gasteiger partial charge < -0.3 is 9.80 Å². The number of piperidine rings is 1. The molecule has 2 aliphatic heterocycles. The molecule has 0 N–H and O–H groups in total. The van der Waals surface area contributed by atoms with E-state index in [4.69, 9.17) is 0 Å². The lowest BCUT2D eigenvalue weighted by Gasteiger charge is -2.49. The van der Waals surface area contributed by atoms with E-state index in [9.17, 15) is 9.59 Å². The highest BCUT2D eigenvalue weighted by atomic mass is 16.2. The zero-order valence-corrected chi connectivity index (χ0v) is 14.5. The number of carbonyl (C=O) groups is 2. The van der Waals surface area contributed by atoms with Gasteiger partial charge in [-0.25, -0.2) is 4.98 Å². The van der Waals surface area contributed by atoms with E-state index in [1.54, 1.807) is 19.3 Å². The second-order valence-electron chi connectivity index (χ2n) is 7.75. The van der Waals surface area contributed by atoms with Crippen LogP contribution in [0.1, 0.15) is 55.7 Å². The monoisotopic (exact) mass is 328 g/mol. The van der Waals surface area contributed by atoms with Crippen LogP contribution in [0.3, 0.4) is 0 Å². The summed E-state index contributed by atoms with van der Waals surface area (Å²) in [4.78, 5) is 37.8. The fourth-order valence-electron chi connectivity index (χ4n) is 5.28. The Bertz CT molecular complexity index is 689. The third kappa shape index (κ3) is 2.08. The second-order valence-corrected chi connectivity index (χ2v) is 7.75. The fraction of sp³-hybridized carbons (Fsp3) is 0.667. The van der Waals surface area contributed by atoms with Crippen LogP contribution in [0, 0.1) is 12.3 Å². The van der Waals surface area contributed by atoms with E-state index in [0.29, 0.717) is 12.2 Å². The lowest BCUT2D eigenvalue weighted by atomic mass is 9.66. The molecular formula is C18H24N4O2. The molecule has 4 rings (SSSR count). The standard InChI is InChI=1S/C18H24N4O2/c1-11-8-20-14(9-19-11)17(24)22-13-7-18(3)15(5-4-6-16(18)22)21(10-13)12(2)23/h8-9,13,15-16H,4-7,10H2,1-3H3/t13-,15+,16-,18+/m0/s1. The summed E-state index contributed by atoms with van der Waals surface area (Å²) in [6.07, 6.45) is 7.32. The lowest BCUT2D eigenvalue weighted by molar-refractivity contribution is -0.137. The van der Waals surface area contributed by atoms with Gasteiger partial charge in [0.05, 0.1) is 17.9 Å². The molecule has 4 atom stereocenters. The number of aromatic nitrogens is 2. The van der Waals surface area contributed by atoms with E-state index in [0.717, 1.165) is 31.4 Å². The number of likely N-dealkylation sites (tertiary alicyclic amines) is 2.